The Morgan fingerprint density at radius 3 is 2.67 bits per heavy atom. The summed E-state index contributed by atoms with van der Waals surface area (Å²) in [6, 6.07) is 0. The SMILES string of the molecule is CCc1c(Cl)nc(C)nc1NC[C@](C)(O)CSC. The van der Waals surface area contributed by atoms with Crippen LogP contribution in [-0.2, 0) is 6.42 Å². The van der Waals surface area contributed by atoms with E-state index in [-0.39, 0.29) is 0 Å². The second-order valence-electron chi connectivity index (χ2n) is 4.53. The van der Waals surface area contributed by atoms with E-state index in [1.165, 1.54) is 0 Å². The summed E-state index contributed by atoms with van der Waals surface area (Å²) in [5, 5.41) is 13.8. The molecular formula is C12H20ClN3OS. The summed E-state index contributed by atoms with van der Waals surface area (Å²) in [5.74, 6) is 2.01. The summed E-state index contributed by atoms with van der Waals surface area (Å²) < 4.78 is 0. The van der Waals surface area contributed by atoms with Gasteiger partial charge in [-0.2, -0.15) is 11.8 Å². The van der Waals surface area contributed by atoms with Crippen molar-refractivity contribution in [3.8, 4) is 0 Å². The second-order valence-corrected chi connectivity index (χ2v) is 5.75. The van der Waals surface area contributed by atoms with Gasteiger partial charge in [-0.3, -0.25) is 0 Å². The highest BCUT2D eigenvalue weighted by Crippen LogP contribution is 2.22. The van der Waals surface area contributed by atoms with Crippen molar-refractivity contribution < 1.29 is 5.11 Å². The van der Waals surface area contributed by atoms with Crippen molar-refractivity contribution in [2.75, 3.05) is 23.9 Å². The van der Waals surface area contributed by atoms with Crippen LogP contribution in [0, 0.1) is 6.92 Å². The molecule has 0 amide bonds. The molecule has 0 unspecified atom stereocenters. The van der Waals surface area contributed by atoms with E-state index < -0.39 is 5.60 Å². The van der Waals surface area contributed by atoms with Crippen LogP contribution in [0.5, 0.6) is 0 Å². The van der Waals surface area contributed by atoms with Crippen molar-refractivity contribution in [2.24, 2.45) is 0 Å². The smallest absolute Gasteiger partial charge is 0.138 e. The molecule has 2 N–H and O–H groups in total. The summed E-state index contributed by atoms with van der Waals surface area (Å²) in [4.78, 5) is 8.48. The molecule has 0 fully saturated rings. The lowest BCUT2D eigenvalue weighted by Crippen LogP contribution is -2.36. The second kappa shape index (κ2) is 6.59. The van der Waals surface area contributed by atoms with Crippen molar-refractivity contribution in [1.82, 2.24) is 9.97 Å². The Labute approximate surface area is 118 Å². The van der Waals surface area contributed by atoms with Crippen molar-refractivity contribution in [3.63, 3.8) is 0 Å². The predicted octanol–water partition coefficient (Wildman–Crippen LogP) is 2.53. The van der Waals surface area contributed by atoms with Gasteiger partial charge < -0.3 is 10.4 Å². The van der Waals surface area contributed by atoms with Crippen LogP contribution in [0.2, 0.25) is 5.15 Å². The minimum atomic E-state index is -0.768. The number of aryl methyl sites for hydroxylation is 1. The fraction of sp³-hybridized carbons (Fsp3) is 0.667. The van der Waals surface area contributed by atoms with Gasteiger partial charge in [0.15, 0.2) is 0 Å². The Kier molecular flexibility index (Phi) is 5.69. The maximum atomic E-state index is 10.1. The zero-order valence-electron chi connectivity index (χ0n) is 11.2. The van der Waals surface area contributed by atoms with E-state index >= 15 is 0 Å². The maximum absolute atomic E-state index is 10.1. The molecule has 1 atom stereocenters. The minimum absolute atomic E-state index is 0.438. The van der Waals surface area contributed by atoms with E-state index in [0.29, 0.717) is 23.3 Å². The molecule has 1 rings (SSSR count). The van der Waals surface area contributed by atoms with Crippen LogP contribution in [0.25, 0.3) is 0 Å². The zero-order valence-corrected chi connectivity index (χ0v) is 12.8. The van der Waals surface area contributed by atoms with E-state index in [1.807, 2.05) is 13.2 Å². The van der Waals surface area contributed by atoms with E-state index in [2.05, 4.69) is 15.3 Å². The maximum Gasteiger partial charge on any atom is 0.138 e. The van der Waals surface area contributed by atoms with Gasteiger partial charge in [-0.1, -0.05) is 18.5 Å². The van der Waals surface area contributed by atoms with Gasteiger partial charge in [0, 0.05) is 17.9 Å². The number of rotatable bonds is 6. The molecule has 0 aliphatic heterocycles. The Morgan fingerprint density at radius 1 is 1.44 bits per heavy atom. The number of halogens is 1. The number of nitrogens with one attached hydrogen (secondary N) is 1. The van der Waals surface area contributed by atoms with Crippen LogP contribution in [0.1, 0.15) is 25.2 Å². The molecule has 1 heterocycles. The largest absolute Gasteiger partial charge is 0.387 e. The van der Waals surface area contributed by atoms with E-state index in [1.54, 1.807) is 25.6 Å². The van der Waals surface area contributed by atoms with Crippen LogP contribution >= 0.6 is 23.4 Å². The molecular weight excluding hydrogens is 270 g/mol. The Bertz CT molecular complexity index is 413. The lowest BCUT2D eigenvalue weighted by Gasteiger charge is -2.23. The monoisotopic (exact) mass is 289 g/mol. The quantitative estimate of drug-likeness (QED) is 0.788. The normalized spacial score (nSPS) is 14.3. The molecule has 18 heavy (non-hydrogen) atoms. The van der Waals surface area contributed by atoms with Gasteiger partial charge in [0.25, 0.3) is 0 Å². The molecule has 0 aliphatic carbocycles. The molecule has 6 heteroatoms. The molecule has 0 saturated carbocycles. The number of anilines is 1. The van der Waals surface area contributed by atoms with Gasteiger partial charge in [0.2, 0.25) is 0 Å². The number of hydrogen-bond donors (Lipinski definition) is 2. The number of nitrogens with zero attached hydrogens (tertiary/aromatic N) is 2. The number of thioether (sulfide) groups is 1. The minimum Gasteiger partial charge on any atom is -0.387 e. The summed E-state index contributed by atoms with van der Waals surface area (Å²) in [5.41, 5.74) is 0.123. The van der Waals surface area contributed by atoms with E-state index in [4.69, 9.17) is 11.6 Å². The highest BCUT2D eigenvalue weighted by molar-refractivity contribution is 7.98. The van der Waals surface area contributed by atoms with Crippen LogP contribution in [0.4, 0.5) is 5.82 Å². The molecule has 4 nitrogen and oxygen atoms in total. The van der Waals surface area contributed by atoms with Crippen molar-refractivity contribution in [2.45, 2.75) is 32.8 Å². The molecule has 1 aromatic heterocycles. The molecule has 0 aromatic carbocycles. The number of aliphatic hydroxyl groups is 1. The van der Waals surface area contributed by atoms with Crippen LogP contribution in [0.15, 0.2) is 0 Å². The van der Waals surface area contributed by atoms with Crippen LogP contribution < -0.4 is 5.32 Å². The summed E-state index contributed by atoms with van der Waals surface area (Å²) in [6.45, 7) is 6.05. The van der Waals surface area contributed by atoms with Gasteiger partial charge in [-0.25, -0.2) is 9.97 Å². The fourth-order valence-electron chi connectivity index (χ4n) is 1.66. The lowest BCUT2D eigenvalue weighted by atomic mass is 10.1. The van der Waals surface area contributed by atoms with Gasteiger partial charge in [0.05, 0.1) is 5.60 Å². The molecule has 0 bridgehead atoms. The van der Waals surface area contributed by atoms with Crippen LogP contribution in [-0.4, -0.2) is 39.2 Å². The Hall–Kier alpha value is -0.520. The van der Waals surface area contributed by atoms with Gasteiger partial charge in [-0.15, -0.1) is 0 Å². The topological polar surface area (TPSA) is 58.0 Å². The first-order valence-corrected chi connectivity index (χ1v) is 7.65. The highest BCUT2D eigenvalue weighted by atomic mass is 35.5. The molecule has 0 radical (unpaired) electrons. The third-order valence-electron chi connectivity index (χ3n) is 2.51. The third kappa shape index (κ3) is 4.30. The van der Waals surface area contributed by atoms with E-state index in [9.17, 15) is 5.11 Å². The van der Waals surface area contributed by atoms with Crippen LogP contribution in [0.3, 0.4) is 0 Å². The predicted molar refractivity (Wildman–Crippen MR) is 78.7 cm³/mol. The van der Waals surface area contributed by atoms with Crippen molar-refractivity contribution in [1.29, 1.82) is 0 Å². The highest BCUT2D eigenvalue weighted by Gasteiger charge is 2.20. The average Bonchev–Trinajstić information content (AvgIpc) is 2.26. The van der Waals surface area contributed by atoms with Gasteiger partial charge in [-0.05, 0) is 26.5 Å². The van der Waals surface area contributed by atoms with Gasteiger partial charge >= 0.3 is 0 Å². The van der Waals surface area contributed by atoms with Crippen molar-refractivity contribution in [3.05, 3.63) is 16.5 Å². The Balaban J connectivity index is 2.84. The summed E-state index contributed by atoms with van der Waals surface area (Å²) in [7, 11) is 0. The molecule has 0 saturated heterocycles. The lowest BCUT2D eigenvalue weighted by molar-refractivity contribution is 0.0996. The molecule has 1 aromatic rings. The van der Waals surface area contributed by atoms with Gasteiger partial charge in [0.1, 0.15) is 16.8 Å². The third-order valence-corrected chi connectivity index (χ3v) is 3.74. The first-order valence-electron chi connectivity index (χ1n) is 5.88. The van der Waals surface area contributed by atoms with E-state index in [0.717, 1.165) is 17.8 Å². The van der Waals surface area contributed by atoms with Crippen molar-refractivity contribution >= 4 is 29.2 Å². The fourth-order valence-corrected chi connectivity index (χ4v) is 2.73. The first kappa shape index (κ1) is 15.5. The summed E-state index contributed by atoms with van der Waals surface area (Å²) >= 11 is 7.70. The zero-order chi connectivity index (χ0) is 13.8. The first-order chi connectivity index (χ1) is 8.39. The molecule has 0 aliphatic rings. The number of aromatic nitrogens is 2. The number of hydrogen-bond acceptors (Lipinski definition) is 5. The standard InChI is InChI=1S/C12H20ClN3OS/c1-5-9-10(13)15-8(2)16-11(9)14-6-12(3,17)7-18-4/h17H,5-7H2,1-4H3,(H,14,15,16)/t12-/m0/s1. The Morgan fingerprint density at radius 2 is 2.11 bits per heavy atom. The average molecular weight is 290 g/mol. The molecule has 102 valence electrons. The molecule has 0 spiro atoms. The summed E-state index contributed by atoms with van der Waals surface area (Å²) in [6.07, 6.45) is 2.73.